The van der Waals surface area contributed by atoms with Gasteiger partial charge in [-0.2, -0.15) is 0 Å². The van der Waals surface area contributed by atoms with Gasteiger partial charge < -0.3 is 15.4 Å². The van der Waals surface area contributed by atoms with Gasteiger partial charge in [-0.3, -0.25) is 14.9 Å². The summed E-state index contributed by atoms with van der Waals surface area (Å²) in [5.74, 6) is -1.35. The molecule has 0 bridgehead atoms. The van der Waals surface area contributed by atoms with Gasteiger partial charge in [0.05, 0.1) is 17.2 Å². The molecule has 0 spiro atoms. The number of carbonyl (C=O) groups excluding carboxylic acids is 1. The monoisotopic (exact) mass is 367 g/mol. The van der Waals surface area contributed by atoms with E-state index in [9.17, 15) is 19.3 Å². The maximum absolute atomic E-state index is 13.7. The molecule has 0 saturated heterocycles. The molecule has 2 aromatic carbocycles. The average Bonchev–Trinajstić information content (AvgIpc) is 2.58. The summed E-state index contributed by atoms with van der Waals surface area (Å²) < 4.78 is 18.6. The second-order valence-electron chi connectivity index (χ2n) is 4.99. The summed E-state index contributed by atoms with van der Waals surface area (Å²) in [5.41, 5.74) is -0.103. The highest BCUT2D eigenvalue weighted by atomic mass is 35.5. The van der Waals surface area contributed by atoms with Gasteiger partial charge in [0.15, 0.2) is 0 Å². The number of nitrogens with one attached hydrogen (secondary N) is 2. The first-order chi connectivity index (χ1) is 11.9. The Balaban J connectivity index is 2.23. The van der Waals surface area contributed by atoms with Gasteiger partial charge in [-0.15, -0.1) is 0 Å². The molecule has 7 nitrogen and oxygen atoms in total. The van der Waals surface area contributed by atoms with Crippen LogP contribution in [0.5, 0.6) is 0 Å². The van der Waals surface area contributed by atoms with Crippen molar-refractivity contribution < 1.29 is 18.8 Å². The third kappa shape index (κ3) is 4.88. The van der Waals surface area contributed by atoms with Crippen LogP contribution in [0.2, 0.25) is 5.02 Å². The van der Waals surface area contributed by atoms with E-state index in [2.05, 4.69) is 10.6 Å². The fourth-order valence-electron chi connectivity index (χ4n) is 2.05. The van der Waals surface area contributed by atoms with Crippen molar-refractivity contribution in [2.45, 2.75) is 0 Å². The maximum atomic E-state index is 13.7. The fraction of sp³-hybridized carbons (Fsp3) is 0.188. The van der Waals surface area contributed by atoms with Crippen LogP contribution >= 0.6 is 11.6 Å². The number of nitro groups is 1. The fourth-order valence-corrected chi connectivity index (χ4v) is 2.22. The predicted molar refractivity (Wildman–Crippen MR) is 92.8 cm³/mol. The zero-order valence-corrected chi connectivity index (χ0v) is 14.0. The van der Waals surface area contributed by atoms with Gasteiger partial charge in [0.2, 0.25) is 0 Å². The summed E-state index contributed by atoms with van der Waals surface area (Å²) >= 11 is 5.77. The Hall–Kier alpha value is -2.71. The molecule has 0 atom stereocenters. The van der Waals surface area contributed by atoms with Crippen molar-refractivity contribution in [2.75, 3.05) is 30.9 Å². The Bertz CT molecular complexity index is 801. The average molecular weight is 368 g/mol. The van der Waals surface area contributed by atoms with Crippen LogP contribution in [-0.2, 0) is 4.74 Å². The molecule has 2 aromatic rings. The number of nitrogens with zero attached hydrogens (tertiary/aromatic N) is 1. The van der Waals surface area contributed by atoms with E-state index in [4.69, 9.17) is 16.3 Å². The molecule has 0 aromatic heterocycles. The number of halogens is 2. The van der Waals surface area contributed by atoms with Gasteiger partial charge in [0.1, 0.15) is 11.5 Å². The molecule has 0 aliphatic carbocycles. The minimum atomic E-state index is -0.687. The summed E-state index contributed by atoms with van der Waals surface area (Å²) in [7, 11) is 1.51. The van der Waals surface area contributed by atoms with Crippen molar-refractivity contribution in [1.29, 1.82) is 0 Å². The van der Waals surface area contributed by atoms with Gasteiger partial charge in [0.25, 0.3) is 11.6 Å². The number of ether oxygens (including phenoxy) is 1. The molecule has 0 saturated carbocycles. The van der Waals surface area contributed by atoms with Crippen LogP contribution in [0.1, 0.15) is 10.4 Å². The second kappa shape index (κ2) is 8.41. The van der Waals surface area contributed by atoms with Crippen LogP contribution < -0.4 is 10.6 Å². The quantitative estimate of drug-likeness (QED) is 0.442. The Kier molecular flexibility index (Phi) is 6.26. The first kappa shape index (κ1) is 18.6. The van der Waals surface area contributed by atoms with Crippen LogP contribution in [0.4, 0.5) is 21.5 Å². The van der Waals surface area contributed by atoms with E-state index in [1.54, 1.807) is 0 Å². The van der Waals surface area contributed by atoms with Crippen molar-refractivity contribution in [3.05, 3.63) is 62.9 Å². The molecule has 25 heavy (non-hydrogen) atoms. The molecule has 2 N–H and O–H groups in total. The Morgan fingerprint density at radius 1 is 1.28 bits per heavy atom. The van der Waals surface area contributed by atoms with Gasteiger partial charge in [-0.05, 0) is 30.3 Å². The van der Waals surface area contributed by atoms with E-state index in [-0.39, 0.29) is 27.6 Å². The highest BCUT2D eigenvalue weighted by molar-refractivity contribution is 6.31. The lowest BCUT2D eigenvalue weighted by Gasteiger charge is -2.09. The van der Waals surface area contributed by atoms with Gasteiger partial charge in [0, 0.05) is 30.3 Å². The summed E-state index contributed by atoms with van der Waals surface area (Å²) in [6.45, 7) is 0.740. The van der Waals surface area contributed by atoms with E-state index < -0.39 is 16.6 Å². The van der Waals surface area contributed by atoms with Crippen LogP contribution in [0.15, 0.2) is 36.4 Å². The highest BCUT2D eigenvalue weighted by Crippen LogP contribution is 2.26. The number of methoxy groups -OCH3 is 1. The van der Waals surface area contributed by atoms with Gasteiger partial charge >= 0.3 is 0 Å². The second-order valence-corrected chi connectivity index (χ2v) is 5.42. The summed E-state index contributed by atoms with van der Waals surface area (Å²) in [5, 5.41) is 16.7. The lowest BCUT2D eigenvalue weighted by molar-refractivity contribution is -0.384. The molecule has 0 aliphatic heterocycles. The largest absolute Gasteiger partial charge is 0.383 e. The van der Waals surface area contributed by atoms with Crippen molar-refractivity contribution in [2.24, 2.45) is 0 Å². The van der Waals surface area contributed by atoms with E-state index in [1.807, 2.05) is 0 Å². The van der Waals surface area contributed by atoms with Crippen LogP contribution in [0.3, 0.4) is 0 Å². The third-order valence-corrected chi connectivity index (χ3v) is 3.49. The highest BCUT2D eigenvalue weighted by Gasteiger charge is 2.18. The van der Waals surface area contributed by atoms with Crippen LogP contribution in [0.25, 0.3) is 0 Å². The molecular formula is C16H15ClFN3O4. The number of carbonyl (C=O) groups is 1. The number of rotatable bonds is 7. The zero-order valence-electron chi connectivity index (χ0n) is 13.2. The molecule has 2 rings (SSSR count). The number of hydrogen-bond acceptors (Lipinski definition) is 5. The molecule has 9 heteroatoms. The number of benzene rings is 2. The maximum Gasteiger partial charge on any atom is 0.293 e. The molecule has 0 fully saturated rings. The number of amides is 1. The summed E-state index contributed by atoms with van der Waals surface area (Å²) in [4.78, 5) is 22.8. The van der Waals surface area contributed by atoms with Gasteiger partial charge in [-0.1, -0.05) is 11.6 Å². The summed E-state index contributed by atoms with van der Waals surface area (Å²) in [6.07, 6.45) is 0. The molecule has 1 amide bonds. The first-order valence-electron chi connectivity index (χ1n) is 7.20. The number of hydrogen-bond donors (Lipinski definition) is 2. The van der Waals surface area contributed by atoms with Gasteiger partial charge in [-0.25, -0.2) is 4.39 Å². The molecule has 0 unspecified atom stereocenters. The van der Waals surface area contributed by atoms with Crippen molar-refractivity contribution in [1.82, 2.24) is 0 Å². The van der Waals surface area contributed by atoms with E-state index in [0.717, 1.165) is 12.1 Å². The van der Waals surface area contributed by atoms with Crippen molar-refractivity contribution >= 4 is 34.6 Å². The lowest BCUT2D eigenvalue weighted by atomic mass is 10.1. The first-order valence-corrected chi connectivity index (χ1v) is 7.58. The normalized spacial score (nSPS) is 10.4. The van der Waals surface area contributed by atoms with Crippen LogP contribution in [-0.4, -0.2) is 31.1 Å². The molecule has 0 aliphatic rings. The molecule has 0 heterocycles. The SMILES string of the molecule is COCCNc1ccc(C(=O)Nc2cc(Cl)ccc2F)cc1[N+](=O)[O-]. The zero-order chi connectivity index (χ0) is 18.4. The minimum Gasteiger partial charge on any atom is -0.383 e. The lowest BCUT2D eigenvalue weighted by Crippen LogP contribution is -2.14. The third-order valence-electron chi connectivity index (χ3n) is 3.25. The molecule has 0 radical (unpaired) electrons. The topological polar surface area (TPSA) is 93.5 Å². The van der Waals surface area contributed by atoms with Crippen molar-refractivity contribution in [3.63, 3.8) is 0 Å². The molecule has 132 valence electrons. The van der Waals surface area contributed by atoms with Crippen molar-refractivity contribution in [3.8, 4) is 0 Å². The van der Waals surface area contributed by atoms with E-state index in [1.165, 1.54) is 31.4 Å². The van der Waals surface area contributed by atoms with Crippen LogP contribution in [0, 0.1) is 15.9 Å². The Morgan fingerprint density at radius 3 is 2.72 bits per heavy atom. The summed E-state index contributed by atoms with van der Waals surface area (Å²) in [6, 6.07) is 7.65. The Labute approximate surface area is 147 Å². The predicted octanol–water partition coefficient (Wildman–Crippen LogP) is 3.70. The number of anilines is 2. The standard InChI is InChI=1S/C16H15ClFN3O4/c1-25-7-6-19-13-5-2-10(8-15(13)21(23)24)16(22)20-14-9-11(17)3-4-12(14)18/h2-5,8-9,19H,6-7H2,1H3,(H,20,22). The number of nitro benzene ring substituents is 1. The van der Waals surface area contributed by atoms with E-state index in [0.29, 0.717) is 13.2 Å². The molecular weight excluding hydrogens is 353 g/mol. The van der Waals surface area contributed by atoms with E-state index >= 15 is 0 Å². The minimum absolute atomic E-state index is 0.0170. The Morgan fingerprint density at radius 2 is 2.04 bits per heavy atom. The smallest absolute Gasteiger partial charge is 0.293 e.